The SMILES string of the molecule is C[C@]12C=CC(=O)C=C1CC[C@H]1[C@@H]3CC=C(C(=O)COS(C)(=O)=O)[C@@]3(C)C[C@H](O)[C@@]12F. The quantitative estimate of drug-likeness (QED) is 0.677. The third kappa shape index (κ3) is 2.91. The van der Waals surface area contributed by atoms with Gasteiger partial charge in [0.15, 0.2) is 17.2 Å². The minimum Gasteiger partial charge on any atom is -0.390 e. The average molecular weight is 439 g/mol. The Morgan fingerprint density at radius 2 is 2.03 bits per heavy atom. The maximum absolute atomic E-state index is 16.8. The van der Waals surface area contributed by atoms with Crippen LogP contribution in [0.3, 0.4) is 0 Å². The van der Waals surface area contributed by atoms with Crippen LogP contribution in [-0.2, 0) is 23.9 Å². The van der Waals surface area contributed by atoms with E-state index in [4.69, 9.17) is 0 Å². The maximum Gasteiger partial charge on any atom is 0.264 e. The van der Waals surface area contributed by atoms with Gasteiger partial charge in [-0.15, -0.1) is 0 Å². The molecule has 164 valence electrons. The third-order valence-electron chi connectivity index (χ3n) is 7.93. The van der Waals surface area contributed by atoms with Crippen LogP contribution in [0.1, 0.15) is 39.5 Å². The monoisotopic (exact) mass is 438 g/mol. The zero-order valence-corrected chi connectivity index (χ0v) is 18.2. The van der Waals surface area contributed by atoms with Gasteiger partial charge in [-0.05, 0) is 56.3 Å². The van der Waals surface area contributed by atoms with Gasteiger partial charge in [0.2, 0.25) is 0 Å². The van der Waals surface area contributed by atoms with Crippen LogP contribution in [0.4, 0.5) is 4.39 Å². The smallest absolute Gasteiger partial charge is 0.264 e. The average Bonchev–Trinajstić information content (AvgIpc) is 2.98. The minimum atomic E-state index is -3.76. The highest BCUT2D eigenvalue weighted by molar-refractivity contribution is 7.86. The van der Waals surface area contributed by atoms with Crippen molar-refractivity contribution in [3.05, 3.63) is 35.5 Å². The first-order valence-corrected chi connectivity index (χ1v) is 12.0. The summed E-state index contributed by atoms with van der Waals surface area (Å²) in [5.41, 5.74) is -2.66. The molecule has 4 aliphatic rings. The maximum atomic E-state index is 16.8. The fourth-order valence-corrected chi connectivity index (χ4v) is 6.77. The van der Waals surface area contributed by atoms with E-state index in [0.29, 0.717) is 30.4 Å². The van der Waals surface area contributed by atoms with Crippen molar-refractivity contribution in [2.75, 3.05) is 12.9 Å². The first-order chi connectivity index (χ1) is 13.8. The minimum absolute atomic E-state index is 0.0474. The molecule has 6 nitrogen and oxygen atoms in total. The van der Waals surface area contributed by atoms with Crippen LogP contribution in [0.5, 0.6) is 0 Å². The highest BCUT2D eigenvalue weighted by atomic mass is 32.2. The first-order valence-electron chi connectivity index (χ1n) is 10.2. The van der Waals surface area contributed by atoms with Gasteiger partial charge in [-0.2, -0.15) is 8.42 Å². The largest absolute Gasteiger partial charge is 0.390 e. The fraction of sp³-hybridized carbons (Fsp3) is 0.636. The molecule has 0 bridgehead atoms. The molecule has 1 N–H and O–H groups in total. The standard InChI is InChI=1S/C22H27FO6S/c1-20-11-19(26)22(23)16(5-4-13-10-14(24)8-9-21(13,22)2)15(20)6-7-17(20)18(25)12-29-30(3,27)28/h7-10,15-16,19,26H,4-6,11-12H2,1-3H3/t15-,16-,19-,20-,21-,22-/m0/s1. The summed E-state index contributed by atoms with van der Waals surface area (Å²) in [4.78, 5) is 24.6. The Morgan fingerprint density at radius 3 is 2.70 bits per heavy atom. The normalized spacial score (nSPS) is 42.7. The zero-order chi connectivity index (χ0) is 22.1. The molecule has 2 saturated carbocycles. The van der Waals surface area contributed by atoms with Crippen LogP contribution in [-0.4, -0.2) is 49.7 Å². The summed E-state index contributed by atoms with van der Waals surface area (Å²) in [5.74, 6) is -1.31. The molecule has 0 unspecified atom stereocenters. The third-order valence-corrected chi connectivity index (χ3v) is 8.47. The number of aliphatic hydroxyl groups is 1. The van der Waals surface area contributed by atoms with E-state index in [1.54, 1.807) is 19.1 Å². The zero-order valence-electron chi connectivity index (χ0n) is 17.4. The summed E-state index contributed by atoms with van der Waals surface area (Å²) in [6, 6.07) is 0. The van der Waals surface area contributed by atoms with E-state index in [9.17, 15) is 23.1 Å². The van der Waals surface area contributed by atoms with Gasteiger partial charge >= 0.3 is 0 Å². The van der Waals surface area contributed by atoms with Crippen molar-refractivity contribution in [2.45, 2.75) is 51.3 Å². The van der Waals surface area contributed by atoms with Crippen LogP contribution >= 0.6 is 0 Å². The van der Waals surface area contributed by atoms with Gasteiger partial charge in [-0.1, -0.05) is 24.6 Å². The number of alkyl halides is 1. The van der Waals surface area contributed by atoms with Crippen LogP contribution in [0, 0.1) is 22.7 Å². The molecule has 4 rings (SSSR count). The number of fused-ring (bicyclic) bond motifs is 5. The topological polar surface area (TPSA) is 97.7 Å². The van der Waals surface area contributed by atoms with Crippen molar-refractivity contribution in [3.63, 3.8) is 0 Å². The van der Waals surface area contributed by atoms with Crippen molar-refractivity contribution in [2.24, 2.45) is 22.7 Å². The molecule has 6 atom stereocenters. The summed E-state index contributed by atoms with van der Waals surface area (Å²) in [6.07, 6.45) is 7.33. The van der Waals surface area contributed by atoms with E-state index in [1.807, 2.05) is 6.92 Å². The number of hydrogen-bond donors (Lipinski definition) is 1. The van der Waals surface area contributed by atoms with E-state index in [0.717, 1.165) is 6.26 Å². The molecule has 0 spiro atoms. The lowest BCUT2D eigenvalue weighted by atomic mass is 9.45. The summed E-state index contributed by atoms with van der Waals surface area (Å²) >= 11 is 0. The van der Waals surface area contributed by atoms with E-state index >= 15 is 4.39 Å². The molecule has 2 fully saturated rings. The number of hydrogen-bond acceptors (Lipinski definition) is 6. The van der Waals surface area contributed by atoms with Crippen LogP contribution in [0.15, 0.2) is 35.5 Å². The number of carbonyl (C=O) groups is 2. The highest BCUT2D eigenvalue weighted by Crippen LogP contribution is 2.67. The Bertz CT molecular complexity index is 1010. The molecule has 0 heterocycles. The number of halogens is 1. The highest BCUT2D eigenvalue weighted by Gasteiger charge is 2.69. The second kappa shape index (κ2) is 6.68. The number of allylic oxidation sites excluding steroid dienone is 5. The molecule has 0 aromatic carbocycles. The first kappa shape index (κ1) is 21.6. The summed E-state index contributed by atoms with van der Waals surface area (Å²) in [5, 5.41) is 11.1. The number of carbonyl (C=O) groups excluding carboxylic acids is 2. The molecule has 0 aromatic rings. The van der Waals surface area contributed by atoms with Gasteiger partial charge in [0.1, 0.15) is 6.61 Å². The van der Waals surface area contributed by atoms with E-state index in [1.165, 1.54) is 12.2 Å². The predicted molar refractivity (Wildman–Crippen MR) is 108 cm³/mol. The molecule has 4 aliphatic carbocycles. The Balaban J connectivity index is 1.67. The Morgan fingerprint density at radius 1 is 1.33 bits per heavy atom. The van der Waals surface area contributed by atoms with Crippen molar-refractivity contribution < 1.29 is 31.7 Å². The van der Waals surface area contributed by atoms with Gasteiger partial charge in [0.05, 0.1) is 12.4 Å². The molecular formula is C22H27FO6S. The van der Waals surface area contributed by atoms with Gasteiger partial charge < -0.3 is 5.11 Å². The fourth-order valence-electron chi connectivity index (χ4n) is 6.45. The molecule has 0 aliphatic heterocycles. The second-order valence-corrected chi connectivity index (χ2v) is 11.2. The number of ketones is 2. The van der Waals surface area contributed by atoms with Crippen molar-refractivity contribution in [1.29, 1.82) is 0 Å². The molecule has 0 amide bonds. The Kier molecular flexibility index (Phi) is 4.80. The second-order valence-electron chi connectivity index (χ2n) is 9.51. The van der Waals surface area contributed by atoms with Gasteiger partial charge in [0, 0.05) is 16.7 Å². The van der Waals surface area contributed by atoms with E-state index < -0.39 is 51.0 Å². The summed E-state index contributed by atoms with van der Waals surface area (Å²) in [6.45, 7) is 3.00. The van der Waals surface area contributed by atoms with Crippen LogP contribution in [0.2, 0.25) is 0 Å². The van der Waals surface area contributed by atoms with Crippen LogP contribution < -0.4 is 0 Å². The summed E-state index contributed by atoms with van der Waals surface area (Å²) < 4.78 is 44.0. The van der Waals surface area contributed by atoms with Gasteiger partial charge in [-0.3, -0.25) is 13.8 Å². The van der Waals surface area contributed by atoms with Crippen LogP contribution in [0.25, 0.3) is 0 Å². The molecule has 0 aromatic heterocycles. The number of aliphatic hydroxyl groups excluding tert-OH is 1. The molecular weight excluding hydrogens is 411 g/mol. The lowest BCUT2D eigenvalue weighted by Crippen LogP contribution is -2.66. The Hall–Kier alpha value is -1.64. The molecule has 0 radical (unpaired) electrons. The van der Waals surface area contributed by atoms with Crippen molar-refractivity contribution in [1.82, 2.24) is 0 Å². The molecule has 8 heteroatoms. The Labute approximate surface area is 176 Å². The van der Waals surface area contributed by atoms with Gasteiger partial charge in [-0.25, -0.2) is 4.39 Å². The lowest BCUT2D eigenvalue weighted by Gasteiger charge is -2.61. The predicted octanol–water partition coefficient (Wildman–Crippen LogP) is 2.44. The van der Waals surface area contributed by atoms with Crippen molar-refractivity contribution >= 4 is 21.7 Å². The summed E-state index contributed by atoms with van der Waals surface area (Å²) in [7, 11) is -3.76. The molecule has 30 heavy (non-hydrogen) atoms. The van der Waals surface area contributed by atoms with Crippen molar-refractivity contribution in [3.8, 4) is 0 Å². The molecule has 0 saturated heterocycles. The van der Waals surface area contributed by atoms with E-state index in [-0.39, 0.29) is 18.1 Å². The van der Waals surface area contributed by atoms with Gasteiger partial charge in [0.25, 0.3) is 10.1 Å². The number of Topliss-reactive ketones (excluding diaryl/α,β-unsaturated/α-hetero) is 1. The number of rotatable bonds is 4. The van der Waals surface area contributed by atoms with E-state index in [2.05, 4.69) is 4.18 Å². The lowest BCUT2D eigenvalue weighted by molar-refractivity contribution is -0.185.